The number of pyridine rings is 1. The number of carbonyl (C=O) groups is 1. The third-order valence-corrected chi connectivity index (χ3v) is 4.41. The van der Waals surface area contributed by atoms with E-state index < -0.39 is 0 Å². The van der Waals surface area contributed by atoms with Gasteiger partial charge in [-0.1, -0.05) is 0 Å². The van der Waals surface area contributed by atoms with Crippen molar-refractivity contribution in [3.8, 4) is 0 Å². The zero-order chi connectivity index (χ0) is 16.2. The van der Waals surface area contributed by atoms with Gasteiger partial charge in [0.1, 0.15) is 0 Å². The molecule has 1 N–H and O–H groups in total. The van der Waals surface area contributed by atoms with Crippen LogP contribution in [0.4, 0.5) is 4.79 Å². The van der Waals surface area contributed by atoms with Gasteiger partial charge in [0.15, 0.2) is 0 Å². The Bertz CT molecular complexity index is 512. The molecule has 1 aromatic rings. The average molecular weight is 305 g/mol. The number of nitrogens with zero attached hydrogens (tertiary/aromatic N) is 2. The molecule has 5 heteroatoms. The standard InChI is InChI=1S/C17H27N3O2/c1-13-10-15(11-14(2)19-13)12-18-16(21)20-8-5-6-17(3,22-4)7-9-20/h10-11H,5-9,12H2,1-4H3,(H,18,21). The fourth-order valence-corrected chi connectivity index (χ4v) is 2.97. The van der Waals surface area contributed by atoms with Gasteiger partial charge in [-0.05, 0) is 57.7 Å². The summed E-state index contributed by atoms with van der Waals surface area (Å²) in [6.07, 6.45) is 2.85. The van der Waals surface area contributed by atoms with E-state index in [-0.39, 0.29) is 11.6 Å². The molecule has 1 aromatic heterocycles. The highest BCUT2D eigenvalue weighted by atomic mass is 16.5. The summed E-state index contributed by atoms with van der Waals surface area (Å²) in [7, 11) is 1.75. The minimum atomic E-state index is -0.103. The van der Waals surface area contributed by atoms with Crippen molar-refractivity contribution in [2.75, 3.05) is 20.2 Å². The molecule has 0 saturated carbocycles. The molecule has 1 fully saturated rings. The molecule has 2 amide bonds. The molecule has 5 nitrogen and oxygen atoms in total. The molecule has 0 spiro atoms. The predicted octanol–water partition coefficient (Wildman–Crippen LogP) is 2.80. The van der Waals surface area contributed by atoms with Gasteiger partial charge in [0, 0.05) is 38.1 Å². The minimum absolute atomic E-state index is 0.00692. The van der Waals surface area contributed by atoms with Crippen LogP contribution in [0, 0.1) is 13.8 Å². The maximum atomic E-state index is 12.4. The lowest BCUT2D eigenvalue weighted by Crippen LogP contribution is -2.41. The fourth-order valence-electron chi connectivity index (χ4n) is 2.97. The van der Waals surface area contributed by atoms with Crippen LogP contribution in [0.15, 0.2) is 12.1 Å². The first kappa shape index (κ1) is 16.7. The number of urea groups is 1. The summed E-state index contributed by atoms with van der Waals surface area (Å²) in [6.45, 7) is 8.14. The van der Waals surface area contributed by atoms with E-state index in [4.69, 9.17) is 4.74 Å². The molecule has 1 atom stereocenters. The third-order valence-electron chi connectivity index (χ3n) is 4.41. The van der Waals surface area contributed by atoms with Crippen molar-refractivity contribution in [1.82, 2.24) is 15.2 Å². The number of ether oxygens (including phenoxy) is 1. The molecular formula is C17H27N3O2. The summed E-state index contributed by atoms with van der Waals surface area (Å²) in [6, 6.07) is 4.03. The lowest BCUT2D eigenvalue weighted by molar-refractivity contribution is -0.00499. The Hall–Kier alpha value is -1.62. The second-order valence-electron chi connectivity index (χ2n) is 6.41. The molecule has 1 aliphatic rings. The second-order valence-corrected chi connectivity index (χ2v) is 6.41. The van der Waals surface area contributed by atoms with Crippen LogP contribution in [-0.2, 0) is 11.3 Å². The Kier molecular flexibility index (Phi) is 5.40. The lowest BCUT2D eigenvalue weighted by atomic mass is 9.97. The van der Waals surface area contributed by atoms with E-state index in [2.05, 4.69) is 17.2 Å². The molecule has 0 aromatic carbocycles. The van der Waals surface area contributed by atoms with Gasteiger partial charge in [0.2, 0.25) is 0 Å². The fraction of sp³-hybridized carbons (Fsp3) is 0.647. The summed E-state index contributed by atoms with van der Waals surface area (Å²) in [5, 5.41) is 3.01. The Morgan fingerprint density at radius 3 is 2.64 bits per heavy atom. The van der Waals surface area contributed by atoms with Gasteiger partial charge >= 0.3 is 6.03 Å². The summed E-state index contributed by atoms with van der Waals surface area (Å²) in [4.78, 5) is 18.6. The molecule has 2 rings (SSSR count). The van der Waals surface area contributed by atoms with Gasteiger partial charge in [-0.3, -0.25) is 4.98 Å². The van der Waals surface area contributed by atoms with Gasteiger partial charge < -0.3 is 15.0 Å². The Morgan fingerprint density at radius 1 is 1.32 bits per heavy atom. The quantitative estimate of drug-likeness (QED) is 0.934. The van der Waals surface area contributed by atoms with Crippen molar-refractivity contribution in [1.29, 1.82) is 0 Å². The number of rotatable bonds is 3. The number of carbonyl (C=O) groups excluding carboxylic acids is 1. The van der Waals surface area contributed by atoms with Crippen LogP contribution in [-0.4, -0.2) is 41.7 Å². The molecule has 2 heterocycles. The van der Waals surface area contributed by atoms with Crippen LogP contribution in [0.2, 0.25) is 0 Å². The zero-order valence-corrected chi connectivity index (χ0v) is 14.1. The third kappa shape index (κ3) is 4.44. The van der Waals surface area contributed by atoms with E-state index in [0.29, 0.717) is 6.54 Å². The van der Waals surface area contributed by atoms with Crippen LogP contribution < -0.4 is 5.32 Å². The molecule has 0 bridgehead atoms. The van der Waals surface area contributed by atoms with E-state index >= 15 is 0 Å². The number of likely N-dealkylation sites (tertiary alicyclic amines) is 1. The van der Waals surface area contributed by atoms with Crippen LogP contribution in [0.1, 0.15) is 43.1 Å². The number of nitrogens with one attached hydrogen (secondary N) is 1. The number of aryl methyl sites for hydroxylation is 2. The number of hydrogen-bond donors (Lipinski definition) is 1. The summed E-state index contributed by atoms with van der Waals surface area (Å²) in [5.74, 6) is 0. The topological polar surface area (TPSA) is 54.5 Å². The Balaban J connectivity index is 1.89. The van der Waals surface area contributed by atoms with Gasteiger partial charge in [-0.25, -0.2) is 4.79 Å². The molecule has 0 aliphatic carbocycles. The number of methoxy groups -OCH3 is 1. The highest BCUT2D eigenvalue weighted by molar-refractivity contribution is 5.74. The first-order valence-corrected chi connectivity index (χ1v) is 7.94. The largest absolute Gasteiger partial charge is 0.378 e. The van der Waals surface area contributed by atoms with Crippen LogP contribution >= 0.6 is 0 Å². The summed E-state index contributed by atoms with van der Waals surface area (Å²) < 4.78 is 5.58. The van der Waals surface area contributed by atoms with Crippen molar-refractivity contribution < 1.29 is 9.53 Å². The SMILES string of the molecule is COC1(C)CCCN(C(=O)NCc2cc(C)nc(C)c2)CC1. The Morgan fingerprint density at radius 2 is 2.00 bits per heavy atom. The lowest BCUT2D eigenvalue weighted by Gasteiger charge is -2.26. The maximum absolute atomic E-state index is 12.4. The van der Waals surface area contributed by atoms with Crippen LogP contribution in [0.25, 0.3) is 0 Å². The molecule has 22 heavy (non-hydrogen) atoms. The molecule has 1 unspecified atom stereocenters. The minimum Gasteiger partial charge on any atom is -0.378 e. The number of amides is 2. The van der Waals surface area contributed by atoms with E-state index in [9.17, 15) is 4.79 Å². The Labute approximate surface area is 133 Å². The van der Waals surface area contributed by atoms with E-state index in [1.807, 2.05) is 30.9 Å². The van der Waals surface area contributed by atoms with Crippen molar-refractivity contribution in [2.24, 2.45) is 0 Å². The van der Waals surface area contributed by atoms with Gasteiger partial charge in [0.05, 0.1) is 5.60 Å². The van der Waals surface area contributed by atoms with E-state index in [0.717, 1.165) is 49.3 Å². The van der Waals surface area contributed by atoms with E-state index in [1.165, 1.54) is 0 Å². The highest BCUT2D eigenvalue weighted by Gasteiger charge is 2.28. The highest BCUT2D eigenvalue weighted by Crippen LogP contribution is 2.25. The van der Waals surface area contributed by atoms with E-state index in [1.54, 1.807) is 7.11 Å². The summed E-state index contributed by atoms with van der Waals surface area (Å²) >= 11 is 0. The van der Waals surface area contributed by atoms with Crippen LogP contribution in [0.5, 0.6) is 0 Å². The van der Waals surface area contributed by atoms with Crippen molar-refractivity contribution in [2.45, 2.75) is 52.2 Å². The smallest absolute Gasteiger partial charge is 0.317 e. The molecule has 1 aliphatic heterocycles. The summed E-state index contributed by atoms with van der Waals surface area (Å²) in [5.41, 5.74) is 2.95. The predicted molar refractivity (Wildman–Crippen MR) is 86.8 cm³/mol. The van der Waals surface area contributed by atoms with Gasteiger partial charge in [-0.15, -0.1) is 0 Å². The normalized spacial score (nSPS) is 22.3. The molecule has 122 valence electrons. The molecule has 1 saturated heterocycles. The molecular weight excluding hydrogens is 278 g/mol. The monoisotopic (exact) mass is 305 g/mol. The second kappa shape index (κ2) is 7.09. The van der Waals surface area contributed by atoms with Crippen molar-refractivity contribution >= 4 is 6.03 Å². The maximum Gasteiger partial charge on any atom is 0.317 e. The first-order chi connectivity index (χ1) is 10.4. The average Bonchev–Trinajstić information content (AvgIpc) is 2.66. The van der Waals surface area contributed by atoms with Crippen LogP contribution in [0.3, 0.4) is 0 Å². The first-order valence-electron chi connectivity index (χ1n) is 7.94. The van der Waals surface area contributed by atoms with Crippen molar-refractivity contribution in [3.05, 3.63) is 29.1 Å². The molecule has 0 radical (unpaired) electrons. The zero-order valence-electron chi connectivity index (χ0n) is 14.1. The number of hydrogen-bond acceptors (Lipinski definition) is 3. The van der Waals surface area contributed by atoms with Crippen molar-refractivity contribution in [3.63, 3.8) is 0 Å². The van der Waals surface area contributed by atoms with Gasteiger partial charge in [0.25, 0.3) is 0 Å². The number of aromatic nitrogens is 1. The van der Waals surface area contributed by atoms with Gasteiger partial charge in [-0.2, -0.15) is 0 Å².